The minimum Gasteiger partial charge on any atom is -0.367 e. The molecular formula is C16H24N4. The van der Waals surface area contributed by atoms with Gasteiger partial charge in [0, 0.05) is 17.3 Å². The quantitative estimate of drug-likeness (QED) is 0.848. The Labute approximate surface area is 120 Å². The standard InChI is InChI=1S/C16H24N4/c1-4-16(5-2,10-17)11-18-15-14-9-7-6-8-13(14)12(3)19-20-15/h6-9H,4-5,10-11,17H2,1-3H3,(H,18,20). The molecule has 20 heavy (non-hydrogen) atoms. The van der Waals surface area contributed by atoms with E-state index in [4.69, 9.17) is 5.73 Å². The van der Waals surface area contributed by atoms with E-state index in [0.29, 0.717) is 6.54 Å². The molecule has 0 amide bonds. The highest BCUT2D eigenvalue weighted by atomic mass is 15.2. The lowest BCUT2D eigenvalue weighted by atomic mass is 9.82. The van der Waals surface area contributed by atoms with Crippen LogP contribution in [0.3, 0.4) is 0 Å². The number of nitrogens with zero attached hydrogens (tertiary/aromatic N) is 2. The smallest absolute Gasteiger partial charge is 0.156 e. The van der Waals surface area contributed by atoms with Gasteiger partial charge in [-0.15, -0.1) is 5.10 Å². The molecule has 0 spiro atoms. The Hall–Kier alpha value is -1.68. The average molecular weight is 272 g/mol. The number of nitrogens with two attached hydrogens (primary N) is 1. The second kappa shape index (κ2) is 6.18. The van der Waals surface area contributed by atoms with Crippen LogP contribution in [0.15, 0.2) is 24.3 Å². The van der Waals surface area contributed by atoms with Gasteiger partial charge in [-0.05, 0) is 31.7 Å². The normalized spacial score (nSPS) is 11.8. The Bertz CT molecular complexity index is 567. The monoisotopic (exact) mass is 272 g/mol. The van der Waals surface area contributed by atoms with Crippen molar-refractivity contribution in [2.75, 3.05) is 18.4 Å². The number of anilines is 1. The number of fused-ring (bicyclic) bond motifs is 1. The van der Waals surface area contributed by atoms with Crippen molar-refractivity contribution in [3.05, 3.63) is 30.0 Å². The predicted octanol–water partition coefficient (Wildman–Crippen LogP) is 3.12. The first-order chi connectivity index (χ1) is 9.65. The van der Waals surface area contributed by atoms with E-state index in [0.717, 1.165) is 41.7 Å². The van der Waals surface area contributed by atoms with Crippen LogP contribution < -0.4 is 11.1 Å². The van der Waals surface area contributed by atoms with Gasteiger partial charge in [-0.2, -0.15) is 5.10 Å². The fourth-order valence-electron chi connectivity index (χ4n) is 2.50. The van der Waals surface area contributed by atoms with Gasteiger partial charge in [0.05, 0.1) is 5.69 Å². The van der Waals surface area contributed by atoms with Crippen molar-refractivity contribution in [2.45, 2.75) is 33.6 Å². The fraction of sp³-hybridized carbons (Fsp3) is 0.500. The molecule has 2 rings (SSSR count). The molecule has 0 bridgehead atoms. The zero-order chi connectivity index (χ0) is 14.6. The van der Waals surface area contributed by atoms with Crippen molar-refractivity contribution >= 4 is 16.6 Å². The van der Waals surface area contributed by atoms with Crippen molar-refractivity contribution in [2.24, 2.45) is 11.1 Å². The van der Waals surface area contributed by atoms with Crippen LogP contribution in [-0.4, -0.2) is 23.3 Å². The molecule has 108 valence electrons. The van der Waals surface area contributed by atoms with Crippen molar-refractivity contribution in [1.29, 1.82) is 0 Å². The van der Waals surface area contributed by atoms with E-state index in [2.05, 4.69) is 41.5 Å². The number of benzene rings is 1. The van der Waals surface area contributed by atoms with Crippen LogP contribution >= 0.6 is 0 Å². The average Bonchev–Trinajstić information content (AvgIpc) is 2.51. The summed E-state index contributed by atoms with van der Waals surface area (Å²) in [5.41, 5.74) is 7.05. The zero-order valence-corrected chi connectivity index (χ0v) is 12.6. The summed E-state index contributed by atoms with van der Waals surface area (Å²) in [5.74, 6) is 0.853. The Kier molecular flexibility index (Phi) is 4.55. The molecule has 0 aliphatic heterocycles. The highest BCUT2D eigenvalue weighted by Crippen LogP contribution is 2.27. The largest absolute Gasteiger partial charge is 0.367 e. The molecule has 4 heteroatoms. The summed E-state index contributed by atoms with van der Waals surface area (Å²) in [7, 11) is 0. The van der Waals surface area contributed by atoms with Gasteiger partial charge in [0.1, 0.15) is 0 Å². The summed E-state index contributed by atoms with van der Waals surface area (Å²) in [6.07, 6.45) is 2.12. The molecule has 0 atom stereocenters. The fourth-order valence-corrected chi connectivity index (χ4v) is 2.50. The number of nitrogens with one attached hydrogen (secondary N) is 1. The van der Waals surface area contributed by atoms with Gasteiger partial charge in [0.15, 0.2) is 5.82 Å². The summed E-state index contributed by atoms with van der Waals surface area (Å²) in [5, 5.41) is 14.3. The lowest BCUT2D eigenvalue weighted by Gasteiger charge is -2.30. The first kappa shape index (κ1) is 14.7. The maximum atomic E-state index is 5.95. The molecule has 0 saturated carbocycles. The number of aryl methyl sites for hydroxylation is 1. The summed E-state index contributed by atoms with van der Waals surface area (Å²) in [4.78, 5) is 0. The predicted molar refractivity (Wildman–Crippen MR) is 84.8 cm³/mol. The number of hydrogen-bond acceptors (Lipinski definition) is 4. The molecule has 0 fully saturated rings. The molecule has 1 aromatic heterocycles. The molecule has 4 nitrogen and oxygen atoms in total. The van der Waals surface area contributed by atoms with E-state index in [1.807, 2.05) is 19.1 Å². The molecule has 2 aromatic rings. The zero-order valence-electron chi connectivity index (χ0n) is 12.6. The van der Waals surface area contributed by atoms with Gasteiger partial charge in [0.25, 0.3) is 0 Å². The van der Waals surface area contributed by atoms with Gasteiger partial charge in [0.2, 0.25) is 0 Å². The summed E-state index contributed by atoms with van der Waals surface area (Å²) in [6.45, 7) is 7.89. The summed E-state index contributed by atoms with van der Waals surface area (Å²) < 4.78 is 0. The number of hydrogen-bond donors (Lipinski definition) is 2. The van der Waals surface area contributed by atoms with Gasteiger partial charge in [-0.1, -0.05) is 38.1 Å². The summed E-state index contributed by atoms with van der Waals surface area (Å²) in [6, 6.07) is 8.23. The highest BCUT2D eigenvalue weighted by molar-refractivity contribution is 5.92. The Balaban J connectivity index is 2.29. The van der Waals surface area contributed by atoms with Gasteiger partial charge < -0.3 is 11.1 Å². The number of rotatable bonds is 6. The first-order valence-electron chi connectivity index (χ1n) is 7.31. The van der Waals surface area contributed by atoms with Crippen molar-refractivity contribution in [3.8, 4) is 0 Å². The lowest BCUT2D eigenvalue weighted by molar-refractivity contribution is 0.294. The third-order valence-corrected chi connectivity index (χ3v) is 4.44. The molecule has 0 radical (unpaired) electrons. The minimum absolute atomic E-state index is 0.133. The molecule has 0 aliphatic rings. The molecule has 1 heterocycles. The van der Waals surface area contributed by atoms with E-state index in [-0.39, 0.29) is 5.41 Å². The van der Waals surface area contributed by atoms with Crippen LogP contribution in [0.25, 0.3) is 10.8 Å². The summed E-state index contributed by atoms with van der Waals surface area (Å²) >= 11 is 0. The van der Waals surface area contributed by atoms with Gasteiger partial charge in [-0.3, -0.25) is 0 Å². The maximum Gasteiger partial charge on any atom is 0.156 e. The van der Waals surface area contributed by atoms with Crippen LogP contribution in [0.2, 0.25) is 0 Å². The minimum atomic E-state index is 0.133. The van der Waals surface area contributed by atoms with Crippen LogP contribution in [0.1, 0.15) is 32.4 Å². The van der Waals surface area contributed by atoms with E-state index in [1.165, 1.54) is 0 Å². The molecule has 0 saturated heterocycles. The van der Waals surface area contributed by atoms with Crippen molar-refractivity contribution in [3.63, 3.8) is 0 Å². The molecule has 1 aromatic carbocycles. The lowest BCUT2D eigenvalue weighted by Crippen LogP contribution is -2.36. The topological polar surface area (TPSA) is 63.8 Å². The number of aromatic nitrogens is 2. The highest BCUT2D eigenvalue weighted by Gasteiger charge is 2.24. The second-order valence-electron chi connectivity index (χ2n) is 5.44. The second-order valence-corrected chi connectivity index (χ2v) is 5.44. The Morgan fingerprint density at radius 1 is 1.10 bits per heavy atom. The van der Waals surface area contributed by atoms with Crippen LogP contribution in [0.4, 0.5) is 5.82 Å². The van der Waals surface area contributed by atoms with E-state index in [1.54, 1.807) is 0 Å². The molecular weight excluding hydrogens is 248 g/mol. The van der Waals surface area contributed by atoms with Crippen LogP contribution in [0, 0.1) is 12.3 Å². The Morgan fingerprint density at radius 2 is 1.75 bits per heavy atom. The Morgan fingerprint density at radius 3 is 2.35 bits per heavy atom. The van der Waals surface area contributed by atoms with Crippen LogP contribution in [0.5, 0.6) is 0 Å². The van der Waals surface area contributed by atoms with E-state index < -0.39 is 0 Å². The van der Waals surface area contributed by atoms with E-state index in [9.17, 15) is 0 Å². The third kappa shape index (κ3) is 2.75. The van der Waals surface area contributed by atoms with Gasteiger partial charge >= 0.3 is 0 Å². The SMILES string of the molecule is CCC(CC)(CN)CNc1nnc(C)c2ccccc12. The van der Waals surface area contributed by atoms with Crippen molar-refractivity contribution in [1.82, 2.24) is 10.2 Å². The maximum absolute atomic E-state index is 5.95. The molecule has 0 unspecified atom stereocenters. The van der Waals surface area contributed by atoms with Gasteiger partial charge in [-0.25, -0.2) is 0 Å². The molecule has 0 aliphatic carbocycles. The van der Waals surface area contributed by atoms with Crippen molar-refractivity contribution < 1.29 is 0 Å². The van der Waals surface area contributed by atoms with E-state index >= 15 is 0 Å². The first-order valence-corrected chi connectivity index (χ1v) is 7.31. The van der Waals surface area contributed by atoms with Crippen LogP contribution in [-0.2, 0) is 0 Å². The third-order valence-electron chi connectivity index (χ3n) is 4.44. The molecule has 3 N–H and O–H groups in total.